The summed E-state index contributed by atoms with van der Waals surface area (Å²) in [4.78, 5) is 24.0. The standard InChI is InChI=1S/C14H21F3N2O4/c1-11(2,3)13(22)7-8(14(15,16)17)18-19(13)9(20)10(21)23-12(4,5)6/h22H,7H2,1-6H3/t13-/m0/s1. The molecule has 0 aromatic rings. The summed E-state index contributed by atoms with van der Waals surface area (Å²) in [6.45, 7) is 8.83. The number of amides is 1. The first-order valence-corrected chi connectivity index (χ1v) is 6.93. The van der Waals surface area contributed by atoms with Crippen LogP contribution in [0.15, 0.2) is 5.10 Å². The quantitative estimate of drug-likeness (QED) is 0.542. The number of rotatable bonds is 0. The fourth-order valence-corrected chi connectivity index (χ4v) is 1.91. The second-order valence-electron chi connectivity index (χ2n) is 7.41. The zero-order valence-electron chi connectivity index (χ0n) is 13.9. The summed E-state index contributed by atoms with van der Waals surface area (Å²) < 4.78 is 43.6. The van der Waals surface area contributed by atoms with Crippen LogP contribution in [0.4, 0.5) is 13.2 Å². The molecule has 9 heteroatoms. The van der Waals surface area contributed by atoms with Gasteiger partial charge in [0.25, 0.3) is 0 Å². The summed E-state index contributed by atoms with van der Waals surface area (Å²) in [6, 6.07) is 0. The van der Waals surface area contributed by atoms with Gasteiger partial charge in [-0.2, -0.15) is 23.3 Å². The minimum atomic E-state index is -4.82. The molecule has 132 valence electrons. The summed E-state index contributed by atoms with van der Waals surface area (Å²) in [5, 5.41) is 14.0. The van der Waals surface area contributed by atoms with E-state index in [0.717, 1.165) is 0 Å². The summed E-state index contributed by atoms with van der Waals surface area (Å²) in [5.41, 5.74) is -5.80. The van der Waals surface area contributed by atoms with E-state index in [9.17, 15) is 27.9 Å². The van der Waals surface area contributed by atoms with Crippen LogP contribution in [-0.2, 0) is 14.3 Å². The monoisotopic (exact) mass is 338 g/mol. The molecule has 0 aromatic heterocycles. The van der Waals surface area contributed by atoms with E-state index in [4.69, 9.17) is 4.74 Å². The fourth-order valence-electron chi connectivity index (χ4n) is 1.91. The molecule has 6 nitrogen and oxygen atoms in total. The molecule has 1 atom stereocenters. The topological polar surface area (TPSA) is 79.2 Å². The lowest BCUT2D eigenvalue weighted by atomic mass is 9.80. The number of halogens is 3. The molecule has 1 aliphatic heterocycles. The maximum Gasteiger partial charge on any atom is 0.431 e. The Morgan fingerprint density at radius 2 is 1.65 bits per heavy atom. The van der Waals surface area contributed by atoms with E-state index in [1.54, 1.807) is 0 Å². The van der Waals surface area contributed by atoms with Crippen molar-refractivity contribution < 1.29 is 32.6 Å². The molecule has 0 saturated carbocycles. The first-order chi connectivity index (χ1) is 9.99. The highest BCUT2D eigenvalue weighted by molar-refractivity contribution is 6.33. The maximum absolute atomic E-state index is 12.9. The molecule has 0 radical (unpaired) electrons. The zero-order chi connectivity index (χ0) is 18.4. The van der Waals surface area contributed by atoms with Crippen molar-refractivity contribution >= 4 is 17.6 Å². The molecular formula is C14H21F3N2O4. The molecule has 0 spiro atoms. The number of nitrogens with zero attached hydrogens (tertiary/aromatic N) is 2. The lowest BCUT2D eigenvalue weighted by molar-refractivity contribution is -0.194. The lowest BCUT2D eigenvalue weighted by Crippen LogP contribution is -2.57. The second-order valence-corrected chi connectivity index (χ2v) is 7.41. The van der Waals surface area contributed by atoms with E-state index in [0.29, 0.717) is 0 Å². The van der Waals surface area contributed by atoms with Gasteiger partial charge >= 0.3 is 18.1 Å². The van der Waals surface area contributed by atoms with E-state index in [-0.39, 0.29) is 5.01 Å². The fraction of sp³-hybridized carbons (Fsp3) is 0.786. The van der Waals surface area contributed by atoms with E-state index in [2.05, 4.69) is 5.10 Å². The highest BCUT2D eigenvalue weighted by Gasteiger charge is 2.58. The van der Waals surface area contributed by atoms with Crippen molar-refractivity contribution in [1.82, 2.24) is 5.01 Å². The molecule has 23 heavy (non-hydrogen) atoms. The predicted octanol–water partition coefficient (Wildman–Crippen LogP) is 2.21. The van der Waals surface area contributed by atoms with Crippen LogP contribution in [0.5, 0.6) is 0 Å². The summed E-state index contributed by atoms with van der Waals surface area (Å²) in [5.74, 6) is -2.83. The highest BCUT2D eigenvalue weighted by Crippen LogP contribution is 2.43. The number of ether oxygens (including phenoxy) is 1. The first-order valence-electron chi connectivity index (χ1n) is 6.93. The molecule has 0 aliphatic carbocycles. The van der Waals surface area contributed by atoms with Gasteiger partial charge in [0, 0.05) is 11.8 Å². The number of hydrogen-bond acceptors (Lipinski definition) is 5. The molecule has 0 fully saturated rings. The van der Waals surface area contributed by atoms with Crippen molar-refractivity contribution in [3.05, 3.63) is 0 Å². The van der Waals surface area contributed by atoms with Crippen molar-refractivity contribution in [2.45, 2.75) is 65.5 Å². The molecule has 1 heterocycles. The van der Waals surface area contributed by atoms with E-state index < -0.39 is 46.9 Å². The molecule has 0 aromatic carbocycles. The van der Waals surface area contributed by atoms with Crippen LogP contribution in [0.3, 0.4) is 0 Å². The molecule has 1 N–H and O–H groups in total. The van der Waals surface area contributed by atoms with Crippen LogP contribution in [0, 0.1) is 5.41 Å². The Morgan fingerprint density at radius 1 is 1.17 bits per heavy atom. The van der Waals surface area contributed by atoms with E-state index >= 15 is 0 Å². The van der Waals surface area contributed by atoms with Crippen LogP contribution in [0.2, 0.25) is 0 Å². The number of hydrogen-bond donors (Lipinski definition) is 1. The van der Waals surface area contributed by atoms with Gasteiger partial charge in [-0.25, -0.2) is 4.79 Å². The zero-order valence-corrected chi connectivity index (χ0v) is 13.9. The molecule has 1 rings (SSSR count). The molecule has 1 aliphatic rings. The van der Waals surface area contributed by atoms with Crippen LogP contribution >= 0.6 is 0 Å². The third-order valence-electron chi connectivity index (χ3n) is 3.28. The van der Waals surface area contributed by atoms with Crippen LogP contribution in [0.25, 0.3) is 0 Å². The molecular weight excluding hydrogens is 317 g/mol. The number of hydrazone groups is 1. The molecule has 0 bridgehead atoms. The van der Waals surface area contributed by atoms with Gasteiger partial charge in [-0.3, -0.25) is 4.79 Å². The number of alkyl halides is 3. The lowest BCUT2D eigenvalue weighted by Gasteiger charge is -2.41. The predicted molar refractivity (Wildman–Crippen MR) is 75.2 cm³/mol. The Labute approximate surface area is 132 Å². The number of aliphatic hydroxyl groups is 1. The van der Waals surface area contributed by atoms with Crippen LogP contribution < -0.4 is 0 Å². The molecule has 1 amide bonds. The van der Waals surface area contributed by atoms with Gasteiger partial charge in [-0.05, 0) is 20.8 Å². The van der Waals surface area contributed by atoms with Crippen molar-refractivity contribution in [3.63, 3.8) is 0 Å². The van der Waals surface area contributed by atoms with Crippen LogP contribution in [-0.4, -0.2) is 45.2 Å². The summed E-state index contributed by atoms with van der Waals surface area (Å²) >= 11 is 0. The second kappa shape index (κ2) is 5.47. The van der Waals surface area contributed by atoms with Gasteiger partial charge in [0.1, 0.15) is 11.3 Å². The Kier molecular flexibility index (Phi) is 4.61. The van der Waals surface area contributed by atoms with Crippen molar-refractivity contribution in [3.8, 4) is 0 Å². The Morgan fingerprint density at radius 3 is 2.00 bits per heavy atom. The SMILES string of the molecule is CC(C)(C)OC(=O)C(=O)N1N=C(C(F)(F)F)C[C@]1(O)C(C)(C)C. The minimum absolute atomic E-state index is 0.184. The minimum Gasteiger partial charge on any atom is -0.453 e. The number of carbonyl (C=O) groups is 2. The third kappa shape index (κ3) is 4.01. The largest absolute Gasteiger partial charge is 0.453 e. The first kappa shape index (κ1) is 19.4. The summed E-state index contributed by atoms with van der Waals surface area (Å²) in [6.07, 6.45) is -5.74. The average molecular weight is 338 g/mol. The number of carbonyl (C=O) groups excluding carboxylic acids is 2. The van der Waals surface area contributed by atoms with Gasteiger partial charge in [-0.15, -0.1) is 0 Å². The van der Waals surface area contributed by atoms with Gasteiger partial charge in [0.05, 0.1) is 0 Å². The smallest absolute Gasteiger partial charge is 0.431 e. The average Bonchev–Trinajstić information content (AvgIpc) is 2.64. The van der Waals surface area contributed by atoms with Gasteiger partial charge < -0.3 is 9.84 Å². The van der Waals surface area contributed by atoms with E-state index in [1.807, 2.05) is 0 Å². The molecule has 0 unspecified atom stereocenters. The third-order valence-corrected chi connectivity index (χ3v) is 3.28. The Bertz CT molecular complexity index is 544. The van der Waals surface area contributed by atoms with E-state index in [1.165, 1.54) is 41.5 Å². The van der Waals surface area contributed by atoms with Crippen molar-refractivity contribution in [2.75, 3.05) is 0 Å². The van der Waals surface area contributed by atoms with Gasteiger partial charge in [0.2, 0.25) is 0 Å². The normalized spacial score (nSPS) is 22.9. The Balaban J connectivity index is 3.24. The van der Waals surface area contributed by atoms with Crippen LogP contribution in [0.1, 0.15) is 48.0 Å². The highest BCUT2D eigenvalue weighted by atomic mass is 19.4. The Hall–Kier alpha value is -1.64. The number of esters is 1. The van der Waals surface area contributed by atoms with Gasteiger partial charge in [0.15, 0.2) is 5.72 Å². The maximum atomic E-state index is 12.9. The summed E-state index contributed by atoms with van der Waals surface area (Å²) in [7, 11) is 0. The van der Waals surface area contributed by atoms with Crippen molar-refractivity contribution in [1.29, 1.82) is 0 Å². The molecule has 0 saturated heterocycles. The van der Waals surface area contributed by atoms with Crippen molar-refractivity contribution in [2.24, 2.45) is 10.5 Å². The van der Waals surface area contributed by atoms with Gasteiger partial charge in [-0.1, -0.05) is 20.8 Å².